The predicted molar refractivity (Wildman–Crippen MR) is 92.9 cm³/mol. The number of likely N-dealkylation sites (tertiary alicyclic amines) is 1. The smallest absolute Gasteiger partial charge is 0.336 e. The average molecular weight is 332 g/mol. The fourth-order valence-electron chi connectivity index (χ4n) is 3.79. The minimum Gasteiger partial charge on any atom is -0.467 e. The van der Waals surface area contributed by atoms with E-state index in [4.69, 9.17) is 9.47 Å². The molecule has 2 heterocycles. The van der Waals surface area contributed by atoms with E-state index in [0.29, 0.717) is 12.6 Å². The lowest BCUT2D eigenvalue weighted by Gasteiger charge is -2.38. The Labute approximate surface area is 144 Å². The summed E-state index contributed by atoms with van der Waals surface area (Å²) in [7, 11) is 1.43. The van der Waals surface area contributed by atoms with Gasteiger partial charge in [-0.25, -0.2) is 4.79 Å². The Bertz CT molecular complexity index is 537. The van der Waals surface area contributed by atoms with Crippen LogP contribution < -0.4 is 0 Å². The van der Waals surface area contributed by atoms with Gasteiger partial charge < -0.3 is 14.4 Å². The Balaban J connectivity index is 1.50. The van der Waals surface area contributed by atoms with Crippen molar-refractivity contribution in [1.29, 1.82) is 0 Å². The Kier molecular flexibility index (Phi) is 5.87. The van der Waals surface area contributed by atoms with Crippen LogP contribution in [0.4, 0.5) is 0 Å². The Morgan fingerprint density at radius 1 is 1.25 bits per heavy atom. The van der Waals surface area contributed by atoms with E-state index >= 15 is 0 Å². The number of esters is 1. The second kappa shape index (κ2) is 8.10. The zero-order valence-corrected chi connectivity index (χ0v) is 14.7. The number of hydrogen-bond acceptors (Lipinski definition) is 5. The molecule has 2 aliphatic heterocycles. The van der Waals surface area contributed by atoms with Gasteiger partial charge in [-0.2, -0.15) is 0 Å². The van der Waals surface area contributed by atoms with Gasteiger partial charge in [-0.05, 0) is 31.9 Å². The van der Waals surface area contributed by atoms with Crippen LogP contribution in [0.2, 0.25) is 0 Å². The zero-order valence-electron chi connectivity index (χ0n) is 14.7. The third-order valence-corrected chi connectivity index (χ3v) is 5.08. The minimum atomic E-state index is -0.447. The van der Waals surface area contributed by atoms with E-state index in [2.05, 4.69) is 40.1 Å². The average Bonchev–Trinajstić information content (AvgIpc) is 3.08. The third-order valence-electron chi connectivity index (χ3n) is 5.08. The van der Waals surface area contributed by atoms with Crippen molar-refractivity contribution in [2.24, 2.45) is 0 Å². The largest absolute Gasteiger partial charge is 0.467 e. The first-order valence-electron chi connectivity index (χ1n) is 8.89. The summed E-state index contributed by atoms with van der Waals surface area (Å²) >= 11 is 0. The number of nitrogens with zero attached hydrogens (tertiary/aromatic N) is 2. The molecule has 5 heteroatoms. The van der Waals surface area contributed by atoms with Gasteiger partial charge in [0, 0.05) is 32.2 Å². The van der Waals surface area contributed by atoms with E-state index in [1.807, 2.05) is 6.92 Å². The van der Waals surface area contributed by atoms with Crippen LogP contribution in [-0.4, -0.2) is 73.9 Å². The third kappa shape index (κ3) is 4.35. The number of benzene rings is 1. The van der Waals surface area contributed by atoms with Gasteiger partial charge in [0.1, 0.15) is 0 Å². The Morgan fingerprint density at radius 2 is 2.04 bits per heavy atom. The molecule has 1 aromatic carbocycles. The second-order valence-corrected chi connectivity index (χ2v) is 6.89. The first-order chi connectivity index (χ1) is 11.7. The normalized spacial score (nSPS) is 28.8. The monoisotopic (exact) mass is 332 g/mol. The minimum absolute atomic E-state index is 0.0706. The fraction of sp³-hybridized carbons (Fsp3) is 0.632. The topological polar surface area (TPSA) is 42.0 Å². The molecule has 2 fully saturated rings. The van der Waals surface area contributed by atoms with Crippen molar-refractivity contribution in [3.8, 4) is 0 Å². The van der Waals surface area contributed by atoms with E-state index < -0.39 is 6.10 Å². The standard InChI is InChI=1S/C19H28N2O3/c1-15-12-21(14-18(24-15)19(22)23-2)17-9-11-20(13-17)10-8-16-6-4-3-5-7-16/h3-7,15,17-18H,8-14H2,1-2H3/t15-,17-,18+/m1/s1. The predicted octanol–water partition coefficient (Wildman–Crippen LogP) is 1.57. The number of rotatable bonds is 5. The number of ether oxygens (including phenoxy) is 2. The molecule has 1 aromatic rings. The summed E-state index contributed by atoms with van der Waals surface area (Å²) in [6.45, 7) is 6.88. The maximum Gasteiger partial charge on any atom is 0.336 e. The molecule has 2 aliphatic rings. The molecule has 0 unspecified atom stereocenters. The highest BCUT2D eigenvalue weighted by Gasteiger charge is 2.36. The zero-order chi connectivity index (χ0) is 16.9. The Hall–Kier alpha value is -1.43. The van der Waals surface area contributed by atoms with E-state index in [0.717, 1.165) is 39.0 Å². The molecule has 2 saturated heterocycles. The number of morpholine rings is 1. The highest BCUT2D eigenvalue weighted by molar-refractivity contribution is 5.75. The van der Waals surface area contributed by atoms with E-state index in [1.165, 1.54) is 12.7 Å². The maximum absolute atomic E-state index is 11.8. The summed E-state index contributed by atoms with van der Waals surface area (Å²) in [6.07, 6.45) is 1.88. The lowest BCUT2D eigenvalue weighted by molar-refractivity contribution is -0.167. The number of carbonyl (C=O) groups is 1. The van der Waals surface area contributed by atoms with Gasteiger partial charge >= 0.3 is 5.97 Å². The summed E-state index contributed by atoms with van der Waals surface area (Å²) in [5.41, 5.74) is 1.40. The van der Waals surface area contributed by atoms with Gasteiger partial charge in [-0.15, -0.1) is 0 Å². The Morgan fingerprint density at radius 3 is 2.79 bits per heavy atom. The van der Waals surface area contributed by atoms with Crippen LogP contribution in [0, 0.1) is 0 Å². The van der Waals surface area contributed by atoms with Crippen molar-refractivity contribution in [3.63, 3.8) is 0 Å². The SMILES string of the molecule is COC(=O)[C@@H]1CN([C@@H]2CCN(CCc3ccccc3)C2)C[C@@H](C)O1. The molecule has 5 nitrogen and oxygen atoms in total. The van der Waals surface area contributed by atoms with Gasteiger partial charge in [0.2, 0.25) is 0 Å². The van der Waals surface area contributed by atoms with Crippen LogP contribution >= 0.6 is 0 Å². The van der Waals surface area contributed by atoms with Crippen molar-refractivity contribution < 1.29 is 14.3 Å². The summed E-state index contributed by atoms with van der Waals surface area (Å²) < 4.78 is 10.6. The van der Waals surface area contributed by atoms with Crippen molar-refractivity contribution in [1.82, 2.24) is 9.80 Å². The summed E-state index contributed by atoms with van der Waals surface area (Å²) in [6, 6.07) is 11.2. The molecule has 0 bridgehead atoms. The van der Waals surface area contributed by atoms with Crippen LogP contribution in [0.3, 0.4) is 0 Å². The molecular weight excluding hydrogens is 304 g/mol. The van der Waals surface area contributed by atoms with Gasteiger partial charge in [0.05, 0.1) is 13.2 Å². The lowest BCUT2D eigenvalue weighted by atomic mass is 10.1. The molecule has 3 atom stereocenters. The van der Waals surface area contributed by atoms with Crippen molar-refractivity contribution in [2.45, 2.75) is 38.0 Å². The molecule has 0 amide bonds. The number of methoxy groups -OCH3 is 1. The van der Waals surface area contributed by atoms with Crippen LogP contribution in [0.1, 0.15) is 18.9 Å². The van der Waals surface area contributed by atoms with Crippen LogP contribution in [0.25, 0.3) is 0 Å². The van der Waals surface area contributed by atoms with Crippen molar-refractivity contribution >= 4 is 5.97 Å². The molecule has 132 valence electrons. The van der Waals surface area contributed by atoms with Crippen LogP contribution in [0.5, 0.6) is 0 Å². The van der Waals surface area contributed by atoms with E-state index in [9.17, 15) is 4.79 Å². The highest BCUT2D eigenvalue weighted by atomic mass is 16.6. The molecule has 0 radical (unpaired) electrons. The quantitative estimate of drug-likeness (QED) is 0.766. The van der Waals surface area contributed by atoms with Crippen molar-refractivity contribution in [2.75, 3.05) is 39.8 Å². The van der Waals surface area contributed by atoms with Gasteiger partial charge in [-0.1, -0.05) is 30.3 Å². The number of carbonyl (C=O) groups excluding carboxylic acids is 1. The lowest BCUT2D eigenvalue weighted by Crippen LogP contribution is -2.54. The summed E-state index contributed by atoms with van der Waals surface area (Å²) in [5, 5.41) is 0. The summed E-state index contributed by atoms with van der Waals surface area (Å²) in [5.74, 6) is -0.259. The van der Waals surface area contributed by atoms with Crippen molar-refractivity contribution in [3.05, 3.63) is 35.9 Å². The first-order valence-corrected chi connectivity index (χ1v) is 8.89. The first kappa shape index (κ1) is 17.4. The second-order valence-electron chi connectivity index (χ2n) is 6.89. The van der Waals surface area contributed by atoms with E-state index in [1.54, 1.807) is 0 Å². The van der Waals surface area contributed by atoms with Gasteiger partial charge in [0.25, 0.3) is 0 Å². The molecule has 0 aliphatic carbocycles. The molecule has 0 N–H and O–H groups in total. The van der Waals surface area contributed by atoms with Gasteiger partial charge in [-0.3, -0.25) is 4.90 Å². The molecule has 0 spiro atoms. The van der Waals surface area contributed by atoms with Crippen LogP contribution in [-0.2, 0) is 20.7 Å². The molecule has 0 saturated carbocycles. The fourth-order valence-corrected chi connectivity index (χ4v) is 3.79. The van der Waals surface area contributed by atoms with E-state index in [-0.39, 0.29) is 12.1 Å². The number of hydrogen-bond donors (Lipinski definition) is 0. The molecular formula is C19H28N2O3. The summed E-state index contributed by atoms with van der Waals surface area (Å²) in [4.78, 5) is 16.8. The highest BCUT2D eigenvalue weighted by Crippen LogP contribution is 2.21. The van der Waals surface area contributed by atoms with Gasteiger partial charge in [0.15, 0.2) is 6.10 Å². The van der Waals surface area contributed by atoms with Crippen LogP contribution in [0.15, 0.2) is 30.3 Å². The molecule has 24 heavy (non-hydrogen) atoms. The molecule has 0 aromatic heterocycles. The maximum atomic E-state index is 11.8. The molecule has 3 rings (SSSR count).